The number of nitrogens with one attached hydrogen (secondary N) is 1. The summed E-state index contributed by atoms with van der Waals surface area (Å²) in [4.78, 5) is 0. The number of nitrogens with zero attached hydrogens (tertiary/aromatic N) is 2. The lowest BCUT2D eigenvalue weighted by molar-refractivity contribution is 0.00752. The number of benzene rings is 1. The Balaban J connectivity index is 1.34. The first-order chi connectivity index (χ1) is 11.2. The largest absolute Gasteiger partial charge is 0.357 e. The highest BCUT2D eigenvalue weighted by Crippen LogP contribution is 2.54. The Kier molecular flexibility index (Phi) is 3.18. The summed E-state index contributed by atoms with van der Waals surface area (Å²) in [5.74, 6) is 3.40. The molecule has 1 aromatic heterocycles. The van der Waals surface area contributed by atoms with Gasteiger partial charge in [-0.25, -0.2) is 4.39 Å². The van der Waals surface area contributed by atoms with Crippen LogP contribution in [-0.2, 0) is 0 Å². The Morgan fingerprint density at radius 2 is 1.57 bits per heavy atom. The number of anilines is 1. The van der Waals surface area contributed by atoms with E-state index in [4.69, 9.17) is 0 Å². The van der Waals surface area contributed by atoms with Crippen molar-refractivity contribution < 1.29 is 4.39 Å². The van der Waals surface area contributed by atoms with Crippen molar-refractivity contribution in [2.75, 3.05) is 5.32 Å². The first-order valence-electron chi connectivity index (χ1n) is 8.60. The lowest BCUT2D eigenvalue weighted by Crippen LogP contribution is -2.51. The highest BCUT2D eigenvalue weighted by Gasteiger charge is 2.48. The SMILES string of the molecule is Fc1ccc(-c2nnc(NC3C4CC5CC(C4)CC3C5)s2)cc1. The van der Waals surface area contributed by atoms with Crippen molar-refractivity contribution in [2.45, 2.75) is 38.1 Å². The van der Waals surface area contributed by atoms with Gasteiger partial charge in [0.05, 0.1) is 0 Å². The van der Waals surface area contributed by atoms with Gasteiger partial charge in [-0.3, -0.25) is 0 Å². The molecule has 4 aliphatic carbocycles. The van der Waals surface area contributed by atoms with E-state index in [1.807, 2.05) is 0 Å². The Morgan fingerprint density at radius 1 is 0.913 bits per heavy atom. The van der Waals surface area contributed by atoms with Gasteiger partial charge in [0.25, 0.3) is 0 Å². The molecule has 0 unspecified atom stereocenters. The van der Waals surface area contributed by atoms with Crippen molar-refractivity contribution in [3.63, 3.8) is 0 Å². The van der Waals surface area contributed by atoms with E-state index in [-0.39, 0.29) is 5.82 Å². The topological polar surface area (TPSA) is 37.8 Å². The van der Waals surface area contributed by atoms with E-state index >= 15 is 0 Å². The molecule has 23 heavy (non-hydrogen) atoms. The van der Waals surface area contributed by atoms with Gasteiger partial charge in [-0.2, -0.15) is 0 Å². The third-order valence-corrected chi connectivity index (χ3v) is 6.94. The van der Waals surface area contributed by atoms with Crippen molar-refractivity contribution >= 4 is 16.5 Å². The van der Waals surface area contributed by atoms with Gasteiger partial charge in [0.15, 0.2) is 0 Å². The summed E-state index contributed by atoms with van der Waals surface area (Å²) in [5.41, 5.74) is 0.932. The minimum absolute atomic E-state index is 0.217. The van der Waals surface area contributed by atoms with Crippen LogP contribution in [0, 0.1) is 29.5 Å². The minimum Gasteiger partial charge on any atom is -0.357 e. The van der Waals surface area contributed by atoms with Crippen LogP contribution in [0.2, 0.25) is 0 Å². The Bertz CT molecular complexity index is 683. The van der Waals surface area contributed by atoms with E-state index in [9.17, 15) is 4.39 Å². The van der Waals surface area contributed by atoms with E-state index in [2.05, 4.69) is 15.5 Å². The van der Waals surface area contributed by atoms with Crippen LogP contribution >= 0.6 is 11.3 Å². The second-order valence-electron chi connectivity index (χ2n) is 7.52. The molecule has 120 valence electrons. The molecule has 0 amide bonds. The molecule has 0 spiro atoms. The van der Waals surface area contributed by atoms with Crippen LogP contribution < -0.4 is 5.32 Å². The highest BCUT2D eigenvalue weighted by atomic mass is 32.1. The van der Waals surface area contributed by atoms with Crippen LogP contribution in [0.4, 0.5) is 9.52 Å². The molecule has 3 nitrogen and oxygen atoms in total. The molecule has 0 radical (unpaired) electrons. The van der Waals surface area contributed by atoms with Gasteiger partial charge in [0, 0.05) is 11.6 Å². The number of hydrogen-bond donors (Lipinski definition) is 1. The van der Waals surface area contributed by atoms with E-state index in [0.717, 1.165) is 39.4 Å². The maximum Gasteiger partial charge on any atom is 0.206 e. The Labute approximate surface area is 139 Å². The molecule has 6 rings (SSSR count). The van der Waals surface area contributed by atoms with Crippen LogP contribution in [-0.4, -0.2) is 16.2 Å². The molecule has 1 N–H and O–H groups in total. The van der Waals surface area contributed by atoms with E-state index in [1.54, 1.807) is 23.5 Å². The predicted octanol–water partition coefficient (Wildman–Crippen LogP) is 4.58. The quantitative estimate of drug-likeness (QED) is 0.895. The molecule has 4 bridgehead atoms. The average molecular weight is 329 g/mol. The van der Waals surface area contributed by atoms with Crippen LogP contribution in [0.5, 0.6) is 0 Å². The van der Waals surface area contributed by atoms with Crippen molar-refractivity contribution in [3.8, 4) is 10.6 Å². The lowest BCUT2D eigenvalue weighted by atomic mass is 9.54. The fourth-order valence-corrected chi connectivity index (χ4v) is 6.09. The molecular weight excluding hydrogens is 309 g/mol. The zero-order valence-corrected chi connectivity index (χ0v) is 13.7. The number of aromatic nitrogens is 2. The number of hydrogen-bond acceptors (Lipinski definition) is 4. The molecule has 1 aromatic carbocycles. The molecule has 0 atom stereocenters. The van der Waals surface area contributed by atoms with Gasteiger partial charge in [0.1, 0.15) is 10.8 Å². The van der Waals surface area contributed by atoms with Gasteiger partial charge >= 0.3 is 0 Å². The normalized spacial score (nSPS) is 34.7. The van der Waals surface area contributed by atoms with Crippen molar-refractivity contribution in [1.82, 2.24) is 10.2 Å². The Morgan fingerprint density at radius 3 is 2.22 bits per heavy atom. The summed E-state index contributed by atoms with van der Waals surface area (Å²) in [6.45, 7) is 0. The zero-order chi connectivity index (χ0) is 15.4. The molecule has 4 aliphatic rings. The van der Waals surface area contributed by atoms with Crippen LogP contribution in [0.15, 0.2) is 24.3 Å². The zero-order valence-electron chi connectivity index (χ0n) is 12.9. The summed E-state index contributed by atoms with van der Waals surface area (Å²) < 4.78 is 13.0. The van der Waals surface area contributed by atoms with Crippen LogP contribution in [0.25, 0.3) is 10.6 Å². The van der Waals surface area contributed by atoms with Gasteiger partial charge < -0.3 is 5.32 Å². The molecule has 0 aliphatic heterocycles. The van der Waals surface area contributed by atoms with Gasteiger partial charge in [0.2, 0.25) is 5.13 Å². The summed E-state index contributed by atoms with van der Waals surface area (Å²) in [6.07, 6.45) is 7.07. The molecule has 4 saturated carbocycles. The fraction of sp³-hybridized carbons (Fsp3) is 0.556. The van der Waals surface area contributed by atoms with Crippen molar-refractivity contribution in [3.05, 3.63) is 30.1 Å². The molecule has 1 heterocycles. The molecule has 5 heteroatoms. The second-order valence-corrected chi connectivity index (χ2v) is 8.50. The predicted molar refractivity (Wildman–Crippen MR) is 89.8 cm³/mol. The molecular formula is C18H20FN3S. The van der Waals surface area contributed by atoms with Crippen molar-refractivity contribution in [1.29, 1.82) is 0 Å². The lowest BCUT2D eigenvalue weighted by Gasteiger charge is -2.54. The molecule has 0 saturated heterocycles. The smallest absolute Gasteiger partial charge is 0.206 e. The number of rotatable bonds is 3. The van der Waals surface area contributed by atoms with Gasteiger partial charge in [-0.15, -0.1) is 10.2 Å². The third-order valence-electron chi connectivity index (χ3n) is 6.03. The minimum atomic E-state index is -0.217. The maximum atomic E-state index is 13.0. The second kappa shape index (κ2) is 5.26. The first-order valence-corrected chi connectivity index (χ1v) is 9.42. The molecule has 2 aromatic rings. The van der Waals surface area contributed by atoms with Gasteiger partial charge in [-0.1, -0.05) is 11.3 Å². The summed E-state index contributed by atoms with van der Waals surface area (Å²) in [5, 5.41) is 14.1. The summed E-state index contributed by atoms with van der Waals surface area (Å²) in [6, 6.07) is 7.06. The number of halogens is 1. The maximum absolute atomic E-state index is 13.0. The highest BCUT2D eigenvalue weighted by molar-refractivity contribution is 7.18. The van der Waals surface area contributed by atoms with Gasteiger partial charge in [-0.05, 0) is 80.0 Å². The van der Waals surface area contributed by atoms with Crippen LogP contribution in [0.3, 0.4) is 0 Å². The Hall–Kier alpha value is -1.49. The van der Waals surface area contributed by atoms with E-state index < -0.39 is 0 Å². The standard InChI is InChI=1S/C18H20FN3S/c19-15-3-1-12(2-4-15)17-21-22-18(23-17)20-16-13-6-10-5-11(8-13)9-14(16)7-10/h1-4,10-11,13-14,16H,5-9H2,(H,20,22). The van der Waals surface area contributed by atoms with E-state index in [0.29, 0.717) is 6.04 Å². The average Bonchev–Trinajstić information content (AvgIpc) is 2.99. The third kappa shape index (κ3) is 2.45. The molecule has 4 fully saturated rings. The van der Waals surface area contributed by atoms with Crippen molar-refractivity contribution in [2.24, 2.45) is 23.7 Å². The summed E-state index contributed by atoms with van der Waals surface area (Å²) >= 11 is 1.58. The fourth-order valence-electron chi connectivity index (χ4n) is 5.29. The van der Waals surface area contributed by atoms with E-state index in [1.165, 1.54) is 44.2 Å². The van der Waals surface area contributed by atoms with Crippen LogP contribution in [0.1, 0.15) is 32.1 Å². The summed E-state index contributed by atoms with van der Waals surface area (Å²) in [7, 11) is 0. The monoisotopic (exact) mass is 329 g/mol. The first kappa shape index (κ1) is 13.9.